The van der Waals surface area contributed by atoms with Crippen molar-refractivity contribution in [2.24, 2.45) is 5.16 Å². The zero-order valence-electron chi connectivity index (χ0n) is 3.51. The van der Waals surface area contributed by atoms with Crippen LogP contribution >= 0.6 is 0 Å². The van der Waals surface area contributed by atoms with Gasteiger partial charge in [0.15, 0.2) is 0 Å². The standard InChI is InChI=1S/C3H6N2O/c1-3-2-4-6-5-3/h2-3,5H,1H3. The summed E-state index contributed by atoms with van der Waals surface area (Å²) in [4.78, 5) is 4.38. The molecule has 1 aliphatic rings. The molecule has 0 aromatic rings. The molecule has 6 heavy (non-hydrogen) atoms. The van der Waals surface area contributed by atoms with E-state index in [1.165, 1.54) is 0 Å². The molecular weight excluding hydrogens is 80.0 g/mol. The first-order chi connectivity index (χ1) is 2.89. The van der Waals surface area contributed by atoms with Crippen LogP contribution in [0.15, 0.2) is 5.16 Å². The number of oxime groups is 1. The minimum absolute atomic E-state index is 0.282. The van der Waals surface area contributed by atoms with E-state index in [-0.39, 0.29) is 6.04 Å². The Hall–Kier alpha value is -0.570. The highest BCUT2D eigenvalue weighted by molar-refractivity contribution is 5.63. The second-order valence-electron chi connectivity index (χ2n) is 1.25. The maximum Gasteiger partial charge on any atom is 0.0811 e. The zero-order chi connectivity index (χ0) is 4.41. The van der Waals surface area contributed by atoms with Crippen LogP contribution in [0.5, 0.6) is 0 Å². The van der Waals surface area contributed by atoms with Crippen LogP contribution in [0, 0.1) is 0 Å². The molecule has 0 aromatic heterocycles. The van der Waals surface area contributed by atoms with Crippen molar-refractivity contribution < 1.29 is 4.94 Å². The topological polar surface area (TPSA) is 33.6 Å². The lowest BCUT2D eigenvalue weighted by Crippen LogP contribution is -2.18. The molecule has 1 heterocycles. The second-order valence-corrected chi connectivity index (χ2v) is 1.25. The van der Waals surface area contributed by atoms with E-state index in [9.17, 15) is 0 Å². The molecule has 34 valence electrons. The van der Waals surface area contributed by atoms with Crippen molar-refractivity contribution >= 4 is 6.21 Å². The Morgan fingerprint density at radius 3 is 3.00 bits per heavy atom. The van der Waals surface area contributed by atoms with Gasteiger partial charge in [0.2, 0.25) is 0 Å². The third-order valence-electron chi connectivity index (χ3n) is 0.576. The molecule has 0 saturated carbocycles. The number of nitrogens with zero attached hydrogens (tertiary/aromatic N) is 1. The Balaban J connectivity index is 2.38. The summed E-state index contributed by atoms with van der Waals surface area (Å²) in [5.74, 6) is 0. The molecule has 0 fully saturated rings. The van der Waals surface area contributed by atoms with Crippen LogP contribution in [-0.4, -0.2) is 12.3 Å². The van der Waals surface area contributed by atoms with E-state index in [1.807, 2.05) is 6.92 Å². The summed E-state index contributed by atoms with van der Waals surface area (Å²) < 4.78 is 0. The van der Waals surface area contributed by atoms with Gasteiger partial charge in [-0.05, 0) is 6.92 Å². The molecule has 0 saturated heterocycles. The van der Waals surface area contributed by atoms with Crippen LogP contribution in [0.25, 0.3) is 0 Å². The lowest BCUT2D eigenvalue weighted by Gasteiger charge is -1.90. The SMILES string of the molecule is CC1C=NON1. The van der Waals surface area contributed by atoms with E-state index < -0.39 is 0 Å². The monoisotopic (exact) mass is 86.0 g/mol. The summed E-state index contributed by atoms with van der Waals surface area (Å²) in [6.07, 6.45) is 1.69. The maximum atomic E-state index is 4.38. The fourth-order valence-electron chi connectivity index (χ4n) is 0.266. The van der Waals surface area contributed by atoms with Crippen LogP contribution in [0.3, 0.4) is 0 Å². The first-order valence-corrected chi connectivity index (χ1v) is 1.84. The van der Waals surface area contributed by atoms with Gasteiger partial charge in [-0.1, -0.05) is 5.16 Å². The third kappa shape index (κ3) is 0.490. The molecule has 0 amide bonds. The van der Waals surface area contributed by atoms with E-state index in [0.717, 1.165) is 0 Å². The van der Waals surface area contributed by atoms with Crippen LogP contribution < -0.4 is 5.48 Å². The number of rotatable bonds is 0. The van der Waals surface area contributed by atoms with E-state index in [2.05, 4.69) is 15.6 Å². The Morgan fingerprint density at radius 2 is 2.83 bits per heavy atom. The lowest BCUT2D eigenvalue weighted by molar-refractivity contribution is 0.0629. The molecule has 1 N–H and O–H groups in total. The average molecular weight is 86.1 g/mol. The van der Waals surface area contributed by atoms with Gasteiger partial charge in [-0.25, -0.2) is 0 Å². The van der Waals surface area contributed by atoms with Crippen molar-refractivity contribution in [2.75, 3.05) is 0 Å². The highest BCUT2D eigenvalue weighted by Gasteiger charge is 2.00. The molecule has 1 aliphatic heterocycles. The van der Waals surface area contributed by atoms with Gasteiger partial charge in [-0.3, -0.25) is 4.94 Å². The third-order valence-corrected chi connectivity index (χ3v) is 0.576. The van der Waals surface area contributed by atoms with Crippen molar-refractivity contribution in [2.45, 2.75) is 13.0 Å². The van der Waals surface area contributed by atoms with Crippen LogP contribution in [0.2, 0.25) is 0 Å². The van der Waals surface area contributed by atoms with Gasteiger partial charge < -0.3 is 0 Å². The van der Waals surface area contributed by atoms with Crippen molar-refractivity contribution in [1.29, 1.82) is 0 Å². The van der Waals surface area contributed by atoms with Gasteiger partial charge in [-0.15, -0.1) is 5.48 Å². The summed E-state index contributed by atoms with van der Waals surface area (Å²) in [5, 5.41) is 3.43. The molecule has 0 bridgehead atoms. The summed E-state index contributed by atoms with van der Waals surface area (Å²) in [5.41, 5.74) is 2.60. The van der Waals surface area contributed by atoms with Crippen LogP contribution in [0.4, 0.5) is 0 Å². The minimum atomic E-state index is 0.282. The van der Waals surface area contributed by atoms with Crippen molar-refractivity contribution in [3.8, 4) is 0 Å². The largest absolute Gasteiger partial charge is 0.299 e. The molecule has 1 atom stereocenters. The molecule has 1 rings (SSSR count). The van der Waals surface area contributed by atoms with Gasteiger partial charge >= 0.3 is 0 Å². The van der Waals surface area contributed by atoms with Gasteiger partial charge in [0.1, 0.15) is 0 Å². The maximum absolute atomic E-state index is 4.38. The quantitative estimate of drug-likeness (QED) is 0.446. The number of nitrogens with one attached hydrogen (secondary N) is 1. The van der Waals surface area contributed by atoms with Crippen molar-refractivity contribution in [1.82, 2.24) is 5.48 Å². The first-order valence-electron chi connectivity index (χ1n) is 1.84. The van der Waals surface area contributed by atoms with E-state index in [1.54, 1.807) is 6.21 Å². The normalized spacial score (nSPS) is 30.5. The Kier molecular flexibility index (Phi) is 0.759. The molecule has 0 spiro atoms. The molecule has 3 heteroatoms. The number of hydrogen-bond donors (Lipinski definition) is 1. The van der Waals surface area contributed by atoms with Gasteiger partial charge in [0.25, 0.3) is 0 Å². The lowest BCUT2D eigenvalue weighted by atomic mass is 10.4. The fraction of sp³-hybridized carbons (Fsp3) is 0.667. The Bertz CT molecular complexity index is 71.2. The van der Waals surface area contributed by atoms with Crippen molar-refractivity contribution in [3.05, 3.63) is 0 Å². The average Bonchev–Trinajstić information content (AvgIpc) is 1.86. The smallest absolute Gasteiger partial charge is 0.0811 e. The van der Waals surface area contributed by atoms with Crippen LogP contribution in [0.1, 0.15) is 6.92 Å². The molecule has 0 aliphatic carbocycles. The Morgan fingerprint density at radius 1 is 2.00 bits per heavy atom. The van der Waals surface area contributed by atoms with Gasteiger partial charge in [0, 0.05) is 0 Å². The minimum Gasteiger partial charge on any atom is -0.299 e. The molecule has 0 radical (unpaired) electrons. The number of hydrogen-bond acceptors (Lipinski definition) is 3. The molecule has 3 nitrogen and oxygen atoms in total. The predicted molar refractivity (Wildman–Crippen MR) is 22.2 cm³/mol. The first kappa shape index (κ1) is 3.61. The van der Waals surface area contributed by atoms with E-state index in [4.69, 9.17) is 0 Å². The second kappa shape index (κ2) is 1.26. The van der Waals surface area contributed by atoms with Crippen molar-refractivity contribution in [3.63, 3.8) is 0 Å². The van der Waals surface area contributed by atoms with Gasteiger partial charge in [-0.2, -0.15) is 0 Å². The summed E-state index contributed by atoms with van der Waals surface area (Å²) >= 11 is 0. The predicted octanol–water partition coefficient (Wildman–Crippen LogP) is -0.104. The fourth-order valence-corrected chi connectivity index (χ4v) is 0.266. The van der Waals surface area contributed by atoms with Crippen LogP contribution in [-0.2, 0) is 4.94 Å². The van der Waals surface area contributed by atoms with E-state index >= 15 is 0 Å². The highest BCUT2D eigenvalue weighted by Crippen LogP contribution is 1.83. The summed E-state index contributed by atoms with van der Waals surface area (Å²) in [6.45, 7) is 1.95. The highest BCUT2D eigenvalue weighted by atomic mass is 16.8. The molecular formula is C3H6N2O. The zero-order valence-corrected chi connectivity index (χ0v) is 3.51. The Labute approximate surface area is 35.9 Å². The molecule has 0 aromatic carbocycles. The number of hydroxylamine groups is 1. The van der Waals surface area contributed by atoms with E-state index in [0.29, 0.717) is 0 Å². The summed E-state index contributed by atoms with van der Waals surface area (Å²) in [6, 6.07) is 0.282. The van der Waals surface area contributed by atoms with Gasteiger partial charge in [0.05, 0.1) is 12.3 Å². The molecule has 1 unspecified atom stereocenters. The summed E-state index contributed by atoms with van der Waals surface area (Å²) in [7, 11) is 0.